The SMILES string of the molecule is C#CCN(CC1CC1)CC1CNc2ccccc2C1. The van der Waals surface area contributed by atoms with Gasteiger partial charge in [0.1, 0.15) is 0 Å². The minimum atomic E-state index is 0.682. The van der Waals surface area contributed by atoms with Gasteiger partial charge in [0.05, 0.1) is 6.54 Å². The number of rotatable bonds is 5. The molecular weight excluding hydrogens is 232 g/mol. The maximum Gasteiger partial charge on any atom is 0.0599 e. The molecule has 0 radical (unpaired) electrons. The topological polar surface area (TPSA) is 15.3 Å². The Morgan fingerprint density at radius 2 is 2.00 bits per heavy atom. The van der Waals surface area contributed by atoms with E-state index >= 15 is 0 Å². The number of hydrogen-bond acceptors (Lipinski definition) is 2. The van der Waals surface area contributed by atoms with Gasteiger partial charge in [0, 0.05) is 25.3 Å². The van der Waals surface area contributed by atoms with Gasteiger partial charge in [-0.3, -0.25) is 4.90 Å². The standard InChI is InChI=1S/C17H22N2/c1-2-9-19(12-14-7-8-14)13-15-10-16-5-3-4-6-17(16)18-11-15/h1,3-6,14-15,18H,7-13H2. The van der Waals surface area contributed by atoms with Crippen molar-refractivity contribution >= 4 is 5.69 Å². The molecule has 2 aliphatic rings. The van der Waals surface area contributed by atoms with Crippen molar-refractivity contribution in [2.45, 2.75) is 19.3 Å². The highest BCUT2D eigenvalue weighted by atomic mass is 15.1. The zero-order valence-electron chi connectivity index (χ0n) is 11.4. The lowest BCUT2D eigenvalue weighted by molar-refractivity contribution is 0.248. The number of fused-ring (bicyclic) bond motifs is 1. The predicted molar refractivity (Wildman–Crippen MR) is 80.1 cm³/mol. The van der Waals surface area contributed by atoms with Crippen molar-refractivity contribution < 1.29 is 0 Å². The van der Waals surface area contributed by atoms with E-state index in [9.17, 15) is 0 Å². The van der Waals surface area contributed by atoms with E-state index in [1.54, 1.807) is 0 Å². The third kappa shape index (κ3) is 3.30. The van der Waals surface area contributed by atoms with Gasteiger partial charge < -0.3 is 5.32 Å². The summed E-state index contributed by atoms with van der Waals surface area (Å²) in [7, 11) is 0. The van der Waals surface area contributed by atoms with Gasteiger partial charge in [0.2, 0.25) is 0 Å². The molecule has 0 amide bonds. The summed E-state index contributed by atoms with van der Waals surface area (Å²) in [5.74, 6) is 4.41. The Balaban J connectivity index is 1.59. The zero-order chi connectivity index (χ0) is 13.1. The van der Waals surface area contributed by atoms with E-state index < -0.39 is 0 Å². The van der Waals surface area contributed by atoms with Crippen LogP contribution in [0.1, 0.15) is 18.4 Å². The molecule has 1 saturated carbocycles. The van der Waals surface area contributed by atoms with E-state index in [0.717, 1.165) is 25.6 Å². The van der Waals surface area contributed by atoms with Gasteiger partial charge in [-0.1, -0.05) is 24.1 Å². The van der Waals surface area contributed by atoms with Crippen molar-refractivity contribution in [3.05, 3.63) is 29.8 Å². The van der Waals surface area contributed by atoms with Gasteiger partial charge in [0.25, 0.3) is 0 Å². The molecule has 1 aromatic rings. The van der Waals surface area contributed by atoms with Gasteiger partial charge in [-0.25, -0.2) is 0 Å². The average Bonchev–Trinajstić information content (AvgIpc) is 3.23. The van der Waals surface area contributed by atoms with Gasteiger partial charge in [-0.05, 0) is 42.7 Å². The highest BCUT2D eigenvalue weighted by molar-refractivity contribution is 5.53. The average molecular weight is 254 g/mol. The van der Waals surface area contributed by atoms with E-state index in [-0.39, 0.29) is 0 Å². The number of para-hydroxylation sites is 1. The molecule has 1 N–H and O–H groups in total. The smallest absolute Gasteiger partial charge is 0.0599 e. The molecular formula is C17H22N2. The highest BCUT2D eigenvalue weighted by Crippen LogP contribution is 2.30. The van der Waals surface area contributed by atoms with E-state index in [2.05, 4.69) is 40.4 Å². The van der Waals surface area contributed by atoms with Crippen LogP contribution in [0.2, 0.25) is 0 Å². The predicted octanol–water partition coefficient (Wildman–Crippen LogP) is 2.62. The van der Waals surface area contributed by atoms with E-state index in [1.807, 2.05) is 0 Å². The lowest BCUT2D eigenvalue weighted by Crippen LogP contribution is -2.37. The van der Waals surface area contributed by atoms with E-state index in [4.69, 9.17) is 6.42 Å². The molecule has 0 aromatic heterocycles. The molecule has 1 fully saturated rings. The summed E-state index contributed by atoms with van der Waals surface area (Å²) < 4.78 is 0. The third-order valence-electron chi connectivity index (χ3n) is 4.15. The fourth-order valence-electron chi connectivity index (χ4n) is 3.00. The second-order valence-electron chi connectivity index (χ2n) is 5.95. The number of benzene rings is 1. The van der Waals surface area contributed by atoms with Crippen LogP contribution in [0, 0.1) is 24.2 Å². The Labute approximate surface area is 116 Å². The van der Waals surface area contributed by atoms with Crippen LogP contribution < -0.4 is 5.32 Å². The number of terminal acetylenes is 1. The minimum Gasteiger partial charge on any atom is -0.384 e. The molecule has 2 nitrogen and oxygen atoms in total. The molecule has 1 heterocycles. The van der Waals surface area contributed by atoms with E-state index in [1.165, 1.54) is 37.1 Å². The molecule has 1 unspecified atom stereocenters. The molecule has 1 atom stereocenters. The van der Waals surface area contributed by atoms with Crippen molar-refractivity contribution in [2.24, 2.45) is 11.8 Å². The summed E-state index contributed by atoms with van der Waals surface area (Å²) in [4.78, 5) is 2.47. The van der Waals surface area contributed by atoms with Gasteiger partial charge in [-0.2, -0.15) is 0 Å². The first kappa shape index (κ1) is 12.6. The molecule has 1 aromatic carbocycles. The lowest BCUT2D eigenvalue weighted by atomic mass is 9.93. The third-order valence-corrected chi connectivity index (χ3v) is 4.15. The minimum absolute atomic E-state index is 0.682. The number of nitrogens with one attached hydrogen (secondary N) is 1. The zero-order valence-corrected chi connectivity index (χ0v) is 11.4. The summed E-state index contributed by atoms with van der Waals surface area (Å²) in [5.41, 5.74) is 2.76. The van der Waals surface area contributed by atoms with Crippen LogP contribution in [0.5, 0.6) is 0 Å². The molecule has 19 heavy (non-hydrogen) atoms. The molecule has 3 rings (SSSR count). The van der Waals surface area contributed by atoms with Crippen molar-refractivity contribution in [1.29, 1.82) is 0 Å². The molecule has 0 saturated heterocycles. The van der Waals surface area contributed by atoms with Crippen molar-refractivity contribution in [1.82, 2.24) is 4.90 Å². The number of hydrogen-bond donors (Lipinski definition) is 1. The summed E-state index contributed by atoms with van der Waals surface area (Å²) in [6.07, 6.45) is 9.47. The first-order valence-corrected chi connectivity index (χ1v) is 7.32. The fraction of sp³-hybridized carbons (Fsp3) is 0.529. The number of nitrogens with zero attached hydrogens (tertiary/aromatic N) is 1. The Morgan fingerprint density at radius 1 is 1.21 bits per heavy atom. The Bertz CT molecular complexity index is 470. The molecule has 0 spiro atoms. The highest BCUT2D eigenvalue weighted by Gasteiger charge is 2.26. The second kappa shape index (κ2) is 5.67. The first-order chi connectivity index (χ1) is 9.35. The quantitative estimate of drug-likeness (QED) is 0.813. The van der Waals surface area contributed by atoms with Gasteiger partial charge in [-0.15, -0.1) is 6.42 Å². The lowest BCUT2D eigenvalue weighted by Gasteiger charge is -2.30. The van der Waals surface area contributed by atoms with Crippen LogP contribution in [-0.2, 0) is 6.42 Å². The molecule has 0 bridgehead atoms. The molecule has 2 heteroatoms. The van der Waals surface area contributed by atoms with Crippen LogP contribution in [0.25, 0.3) is 0 Å². The summed E-state index contributed by atoms with van der Waals surface area (Å²) in [5, 5.41) is 3.55. The Hall–Kier alpha value is -1.46. The van der Waals surface area contributed by atoms with Crippen LogP contribution in [-0.4, -0.2) is 31.1 Å². The van der Waals surface area contributed by atoms with Crippen molar-refractivity contribution in [3.63, 3.8) is 0 Å². The van der Waals surface area contributed by atoms with Crippen molar-refractivity contribution in [2.75, 3.05) is 31.5 Å². The number of anilines is 1. The van der Waals surface area contributed by atoms with Crippen LogP contribution in [0.3, 0.4) is 0 Å². The van der Waals surface area contributed by atoms with Crippen LogP contribution in [0.4, 0.5) is 5.69 Å². The van der Waals surface area contributed by atoms with Crippen molar-refractivity contribution in [3.8, 4) is 12.3 Å². The Morgan fingerprint density at radius 3 is 2.79 bits per heavy atom. The summed E-state index contributed by atoms with van der Waals surface area (Å²) in [6, 6.07) is 8.64. The normalized spacial score (nSPS) is 21.6. The fourth-order valence-corrected chi connectivity index (χ4v) is 3.00. The second-order valence-corrected chi connectivity index (χ2v) is 5.95. The molecule has 100 valence electrons. The Kier molecular flexibility index (Phi) is 3.75. The monoisotopic (exact) mass is 254 g/mol. The van der Waals surface area contributed by atoms with Gasteiger partial charge >= 0.3 is 0 Å². The van der Waals surface area contributed by atoms with E-state index in [0.29, 0.717) is 5.92 Å². The molecule has 1 aliphatic heterocycles. The summed E-state index contributed by atoms with van der Waals surface area (Å²) >= 11 is 0. The maximum absolute atomic E-state index is 5.50. The van der Waals surface area contributed by atoms with Crippen LogP contribution >= 0.6 is 0 Å². The maximum atomic E-state index is 5.50. The van der Waals surface area contributed by atoms with Crippen LogP contribution in [0.15, 0.2) is 24.3 Å². The molecule has 1 aliphatic carbocycles. The summed E-state index contributed by atoms with van der Waals surface area (Å²) in [6.45, 7) is 4.20. The first-order valence-electron chi connectivity index (χ1n) is 7.32. The largest absolute Gasteiger partial charge is 0.384 e. The van der Waals surface area contributed by atoms with Gasteiger partial charge in [0.15, 0.2) is 0 Å².